The first-order valence-corrected chi connectivity index (χ1v) is 6.52. The number of nitrogens with zero attached hydrogens (tertiary/aromatic N) is 2. The van der Waals surface area contributed by atoms with Crippen LogP contribution >= 0.6 is 23.2 Å². The van der Waals surface area contributed by atoms with Crippen molar-refractivity contribution in [3.8, 4) is 0 Å². The predicted octanol–water partition coefficient (Wildman–Crippen LogP) is 3.01. The van der Waals surface area contributed by atoms with Crippen molar-refractivity contribution in [3.05, 3.63) is 37.9 Å². The Bertz CT molecular complexity index is 522. The Morgan fingerprint density at radius 2 is 2.10 bits per heavy atom. The summed E-state index contributed by atoms with van der Waals surface area (Å²) in [6.07, 6.45) is 0.652. The molecule has 0 aliphatic carbocycles. The molecule has 110 valence electrons. The molecule has 0 aliphatic rings. The molecule has 1 aromatic carbocycles. The summed E-state index contributed by atoms with van der Waals surface area (Å²) in [6, 6.07) is 2.24. The molecule has 20 heavy (non-hydrogen) atoms. The van der Waals surface area contributed by atoms with Gasteiger partial charge in [-0.2, -0.15) is 0 Å². The van der Waals surface area contributed by atoms with Gasteiger partial charge in [0.1, 0.15) is 0 Å². The van der Waals surface area contributed by atoms with E-state index in [-0.39, 0.29) is 21.3 Å². The fourth-order valence-corrected chi connectivity index (χ4v) is 1.99. The average molecular weight is 321 g/mol. The number of hydrogen-bond donors (Lipinski definition) is 0. The van der Waals surface area contributed by atoms with Crippen LogP contribution in [0.3, 0.4) is 0 Å². The van der Waals surface area contributed by atoms with Crippen LogP contribution in [0.15, 0.2) is 12.1 Å². The van der Waals surface area contributed by atoms with Crippen molar-refractivity contribution < 1.29 is 14.5 Å². The van der Waals surface area contributed by atoms with Crippen LogP contribution in [0, 0.1) is 10.1 Å². The van der Waals surface area contributed by atoms with Crippen LogP contribution in [0.25, 0.3) is 0 Å². The van der Waals surface area contributed by atoms with Gasteiger partial charge in [-0.3, -0.25) is 14.9 Å². The van der Waals surface area contributed by atoms with Crippen molar-refractivity contribution in [1.29, 1.82) is 0 Å². The van der Waals surface area contributed by atoms with E-state index >= 15 is 0 Å². The lowest BCUT2D eigenvalue weighted by Crippen LogP contribution is -2.28. The second-order valence-corrected chi connectivity index (χ2v) is 4.90. The average Bonchev–Trinajstić information content (AvgIpc) is 2.40. The van der Waals surface area contributed by atoms with Crippen molar-refractivity contribution in [2.75, 3.05) is 27.3 Å². The van der Waals surface area contributed by atoms with E-state index in [0.717, 1.165) is 12.1 Å². The maximum atomic E-state index is 12.2. The Kier molecular flexibility index (Phi) is 6.19. The van der Waals surface area contributed by atoms with Crippen LogP contribution in [0.5, 0.6) is 0 Å². The molecule has 0 saturated heterocycles. The maximum absolute atomic E-state index is 12.2. The largest absolute Gasteiger partial charge is 0.385 e. The first kappa shape index (κ1) is 16.7. The van der Waals surface area contributed by atoms with Crippen LogP contribution < -0.4 is 0 Å². The summed E-state index contributed by atoms with van der Waals surface area (Å²) in [4.78, 5) is 23.8. The Balaban J connectivity index is 2.99. The van der Waals surface area contributed by atoms with Crippen molar-refractivity contribution in [3.63, 3.8) is 0 Å². The minimum atomic E-state index is -0.621. The molecule has 0 fully saturated rings. The van der Waals surface area contributed by atoms with Gasteiger partial charge in [-0.05, 0) is 6.42 Å². The van der Waals surface area contributed by atoms with Crippen LogP contribution in [-0.2, 0) is 4.74 Å². The van der Waals surface area contributed by atoms with E-state index in [1.54, 1.807) is 14.2 Å². The third-order valence-electron chi connectivity index (χ3n) is 2.64. The zero-order valence-electron chi connectivity index (χ0n) is 11.1. The molecule has 0 heterocycles. The minimum absolute atomic E-state index is 0.0147. The fourth-order valence-electron chi connectivity index (χ4n) is 1.59. The highest BCUT2D eigenvalue weighted by Crippen LogP contribution is 2.31. The third-order valence-corrected chi connectivity index (χ3v) is 3.44. The second-order valence-electron chi connectivity index (χ2n) is 4.12. The molecule has 0 radical (unpaired) electrons. The highest BCUT2D eigenvalue weighted by molar-refractivity contribution is 6.44. The number of ether oxygens (including phenoxy) is 1. The molecule has 0 N–H and O–H groups in total. The molecule has 1 aromatic rings. The molecule has 0 unspecified atom stereocenters. The number of carbonyl (C=O) groups is 1. The molecule has 0 bridgehead atoms. The Morgan fingerprint density at radius 3 is 2.65 bits per heavy atom. The van der Waals surface area contributed by atoms with Gasteiger partial charge in [-0.1, -0.05) is 23.2 Å². The highest BCUT2D eigenvalue weighted by atomic mass is 35.5. The van der Waals surface area contributed by atoms with Crippen LogP contribution in [0.1, 0.15) is 16.8 Å². The molecule has 1 rings (SSSR count). The van der Waals surface area contributed by atoms with Gasteiger partial charge in [0.15, 0.2) is 0 Å². The first-order chi connectivity index (χ1) is 9.38. The number of carbonyl (C=O) groups excluding carboxylic acids is 1. The van der Waals surface area contributed by atoms with Crippen LogP contribution in [0.4, 0.5) is 5.69 Å². The number of amides is 1. The Morgan fingerprint density at radius 1 is 1.45 bits per heavy atom. The van der Waals surface area contributed by atoms with Crippen LogP contribution in [-0.4, -0.2) is 43.0 Å². The van der Waals surface area contributed by atoms with Gasteiger partial charge in [-0.15, -0.1) is 0 Å². The van der Waals surface area contributed by atoms with E-state index in [4.69, 9.17) is 27.9 Å². The van der Waals surface area contributed by atoms with Gasteiger partial charge in [0.25, 0.3) is 11.6 Å². The second kappa shape index (κ2) is 7.42. The van der Waals surface area contributed by atoms with Gasteiger partial charge in [0.2, 0.25) is 0 Å². The number of nitro benzene ring substituents is 1. The maximum Gasteiger partial charge on any atom is 0.271 e. The molecular formula is C12H14Cl2N2O4. The summed E-state index contributed by atoms with van der Waals surface area (Å²) in [6.45, 7) is 0.963. The van der Waals surface area contributed by atoms with Crippen molar-refractivity contribution in [1.82, 2.24) is 4.90 Å². The number of nitro groups is 1. The predicted molar refractivity (Wildman–Crippen MR) is 76.6 cm³/mol. The van der Waals surface area contributed by atoms with Gasteiger partial charge >= 0.3 is 0 Å². The molecule has 1 amide bonds. The first-order valence-electron chi connectivity index (χ1n) is 5.76. The van der Waals surface area contributed by atoms with Crippen molar-refractivity contribution >= 4 is 34.8 Å². The molecule has 0 atom stereocenters. The van der Waals surface area contributed by atoms with E-state index in [2.05, 4.69) is 0 Å². The van der Waals surface area contributed by atoms with E-state index < -0.39 is 10.8 Å². The van der Waals surface area contributed by atoms with Gasteiger partial charge < -0.3 is 9.64 Å². The topological polar surface area (TPSA) is 72.7 Å². The summed E-state index contributed by atoms with van der Waals surface area (Å²) >= 11 is 11.8. The molecule has 0 saturated carbocycles. The normalized spacial score (nSPS) is 10.4. The molecule has 8 heteroatoms. The highest BCUT2D eigenvalue weighted by Gasteiger charge is 2.21. The number of halogens is 2. The molecule has 0 aromatic heterocycles. The standard InChI is InChI=1S/C12H14Cl2N2O4/c1-15(4-3-5-20-2)12(17)9-6-8(16(18)19)7-10(13)11(9)14/h6-7H,3-5H2,1-2H3. The Hall–Kier alpha value is -1.37. The van der Waals surface area contributed by atoms with E-state index in [1.165, 1.54) is 4.90 Å². The SMILES string of the molecule is COCCCN(C)C(=O)c1cc([N+](=O)[O-])cc(Cl)c1Cl. The quantitative estimate of drug-likeness (QED) is 0.459. The smallest absolute Gasteiger partial charge is 0.271 e. The third kappa shape index (κ3) is 4.06. The molecule has 0 aliphatic heterocycles. The summed E-state index contributed by atoms with van der Waals surface area (Å²) in [5.74, 6) is -0.420. The molecule has 6 nitrogen and oxygen atoms in total. The zero-order chi connectivity index (χ0) is 15.3. The lowest BCUT2D eigenvalue weighted by Gasteiger charge is -2.17. The molecule has 0 spiro atoms. The molecular weight excluding hydrogens is 307 g/mol. The lowest BCUT2D eigenvalue weighted by atomic mass is 10.1. The summed E-state index contributed by atoms with van der Waals surface area (Å²) < 4.78 is 4.90. The minimum Gasteiger partial charge on any atom is -0.385 e. The number of methoxy groups -OCH3 is 1. The number of hydrogen-bond acceptors (Lipinski definition) is 4. The van der Waals surface area contributed by atoms with Gasteiger partial charge in [0.05, 0.1) is 20.5 Å². The zero-order valence-corrected chi connectivity index (χ0v) is 12.6. The summed E-state index contributed by atoms with van der Waals surface area (Å²) in [7, 11) is 3.15. The van der Waals surface area contributed by atoms with Crippen molar-refractivity contribution in [2.45, 2.75) is 6.42 Å². The number of benzene rings is 1. The van der Waals surface area contributed by atoms with E-state index in [1.807, 2.05) is 0 Å². The van der Waals surface area contributed by atoms with Gasteiger partial charge in [0, 0.05) is 39.4 Å². The van der Waals surface area contributed by atoms with Crippen LogP contribution in [0.2, 0.25) is 10.0 Å². The fraction of sp³-hybridized carbons (Fsp3) is 0.417. The van der Waals surface area contributed by atoms with E-state index in [9.17, 15) is 14.9 Å². The Labute approximate surface area is 126 Å². The lowest BCUT2D eigenvalue weighted by molar-refractivity contribution is -0.384. The monoisotopic (exact) mass is 320 g/mol. The van der Waals surface area contributed by atoms with E-state index in [0.29, 0.717) is 19.6 Å². The van der Waals surface area contributed by atoms with Gasteiger partial charge in [-0.25, -0.2) is 0 Å². The summed E-state index contributed by atoms with van der Waals surface area (Å²) in [5.41, 5.74) is -0.251. The number of non-ortho nitro benzene ring substituents is 1. The number of rotatable bonds is 6. The summed E-state index contributed by atoms with van der Waals surface area (Å²) in [5, 5.41) is 10.8. The van der Waals surface area contributed by atoms with Crippen molar-refractivity contribution in [2.24, 2.45) is 0 Å².